The van der Waals surface area contributed by atoms with Gasteiger partial charge in [0, 0.05) is 12.1 Å². The normalized spacial score (nSPS) is 11.0. The monoisotopic (exact) mass is 303 g/mol. The van der Waals surface area contributed by atoms with Gasteiger partial charge < -0.3 is 13.7 Å². The molecule has 3 heterocycles. The molecular formula is C14H13N3O5. The van der Waals surface area contributed by atoms with Gasteiger partial charge in [-0.15, -0.1) is 0 Å². The maximum atomic E-state index is 12.1. The molecule has 0 unspecified atom stereocenters. The van der Waals surface area contributed by atoms with Crippen LogP contribution in [0.5, 0.6) is 6.01 Å². The molecule has 0 amide bonds. The second-order valence-corrected chi connectivity index (χ2v) is 4.71. The fourth-order valence-corrected chi connectivity index (χ4v) is 2.10. The van der Waals surface area contributed by atoms with Crippen LogP contribution in [-0.2, 0) is 13.0 Å². The van der Waals surface area contributed by atoms with E-state index in [1.54, 1.807) is 13.0 Å². The fourth-order valence-electron chi connectivity index (χ4n) is 2.10. The Morgan fingerprint density at radius 2 is 2.14 bits per heavy atom. The lowest BCUT2D eigenvalue weighted by Gasteiger charge is -2.05. The van der Waals surface area contributed by atoms with Crippen LogP contribution in [0.2, 0.25) is 0 Å². The minimum absolute atomic E-state index is 0.0422. The zero-order valence-electron chi connectivity index (χ0n) is 12.0. The van der Waals surface area contributed by atoms with E-state index in [0.29, 0.717) is 23.4 Å². The molecule has 3 aromatic heterocycles. The van der Waals surface area contributed by atoms with Crippen molar-refractivity contribution in [2.24, 2.45) is 0 Å². The molecule has 0 bridgehead atoms. The van der Waals surface area contributed by atoms with Crippen molar-refractivity contribution >= 4 is 11.1 Å². The summed E-state index contributed by atoms with van der Waals surface area (Å²) in [6.07, 6.45) is 0.519. The minimum Gasteiger partial charge on any atom is -0.458 e. The third kappa shape index (κ3) is 2.62. The van der Waals surface area contributed by atoms with Crippen LogP contribution in [0.15, 0.2) is 30.7 Å². The Morgan fingerprint density at radius 3 is 2.82 bits per heavy atom. The van der Waals surface area contributed by atoms with Gasteiger partial charge in [-0.3, -0.25) is 9.78 Å². The van der Waals surface area contributed by atoms with Crippen molar-refractivity contribution in [1.29, 1.82) is 0 Å². The van der Waals surface area contributed by atoms with Crippen LogP contribution >= 0.6 is 0 Å². The van der Waals surface area contributed by atoms with Crippen molar-refractivity contribution in [3.8, 4) is 6.01 Å². The third-order valence-electron chi connectivity index (χ3n) is 3.09. The molecule has 8 nitrogen and oxygen atoms in total. The quantitative estimate of drug-likeness (QED) is 0.773. The number of nitrogens with zero attached hydrogens (tertiary/aromatic N) is 2. The smallest absolute Gasteiger partial charge is 0.337 e. The number of fused-ring (bicyclic) bond motifs is 1. The highest BCUT2D eigenvalue weighted by Gasteiger charge is 2.12. The number of aromatic nitrogens is 3. The summed E-state index contributed by atoms with van der Waals surface area (Å²) < 4.78 is 15.2. The summed E-state index contributed by atoms with van der Waals surface area (Å²) in [7, 11) is 0. The number of aromatic amines is 1. The van der Waals surface area contributed by atoms with E-state index in [4.69, 9.17) is 13.7 Å². The molecule has 3 aromatic rings. The highest BCUT2D eigenvalue weighted by molar-refractivity contribution is 5.75. The molecule has 0 atom stereocenters. The van der Waals surface area contributed by atoms with E-state index in [1.807, 2.05) is 6.92 Å². The summed E-state index contributed by atoms with van der Waals surface area (Å²) in [4.78, 5) is 30.2. The number of nitrogens with one attached hydrogen (secondary N) is 1. The van der Waals surface area contributed by atoms with Gasteiger partial charge in [-0.2, -0.15) is 4.98 Å². The summed E-state index contributed by atoms with van der Waals surface area (Å²) in [5.41, 5.74) is 0.125. The van der Waals surface area contributed by atoms with Gasteiger partial charge >= 0.3 is 5.63 Å². The topological polar surface area (TPSA) is 111 Å². The molecule has 0 aromatic carbocycles. The Labute approximate surface area is 123 Å². The number of rotatable bonds is 4. The molecule has 1 N–H and O–H groups in total. The van der Waals surface area contributed by atoms with Crippen molar-refractivity contribution in [2.75, 3.05) is 0 Å². The number of ether oxygens (including phenoxy) is 1. The third-order valence-corrected chi connectivity index (χ3v) is 3.09. The molecule has 0 aliphatic carbocycles. The van der Waals surface area contributed by atoms with E-state index in [9.17, 15) is 9.59 Å². The average molecular weight is 303 g/mol. The van der Waals surface area contributed by atoms with Crippen LogP contribution in [0.3, 0.4) is 0 Å². The van der Waals surface area contributed by atoms with E-state index in [0.717, 1.165) is 0 Å². The van der Waals surface area contributed by atoms with Gasteiger partial charge in [-0.05, 0) is 18.9 Å². The second kappa shape index (κ2) is 5.47. The van der Waals surface area contributed by atoms with Crippen molar-refractivity contribution in [1.82, 2.24) is 15.1 Å². The van der Waals surface area contributed by atoms with Gasteiger partial charge in [0.2, 0.25) is 5.71 Å². The molecule has 3 rings (SSSR count). The Morgan fingerprint density at radius 1 is 1.32 bits per heavy atom. The van der Waals surface area contributed by atoms with Gasteiger partial charge in [-0.25, -0.2) is 4.79 Å². The fraction of sp³-hybridized carbons (Fsp3) is 0.286. The van der Waals surface area contributed by atoms with E-state index in [-0.39, 0.29) is 23.7 Å². The first-order valence-electron chi connectivity index (χ1n) is 6.69. The predicted molar refractivity (Wildman–Crippen MR) is 75.8 cm³/mol. The van der Waals surface area contributed by atoms with Crippen LogP contribution in [-0.4, -0.2) is 15.1 Å². The SMILES string of the molecule is CCc1cc(=O)oc2nc(OCc3cc(C)on3)[nH]c(=O)c12. The van der Waals surface area contributed by atoms with Crippen molar-refractivity contribution in [3.05, 3.63) is 49.9 Å². The molecular weight excluding hydrogens is 290 g/mol. The lowest BCUT2D eigenvalue weighted by atomic mass is 10.1. The molecule has 0 aliphatic heterocycles. The Bertz CT molecular complexity index is 938. The molecule has 0 fully saturated rings. The summed E-state index contributed by atoms with van der Waals surface area (Å²) >= 11 is 0. The van der Waals surface area contributed by atoms with Gasteiger partial charge in [-0.1, -0.05) is 12.1 Å². The summed E-state index contributed by atoms with van der Waals surface area (Å²) in [5.74, 6) is 0.650. The molecule has 0 saturated heterocycles. The predicted octanol–water partition coefficient (Wildman–Crippen LogP) is 1.31. The largest absolute Gasteiger partial charge is 0.458 e. The van der Waals surface area contributed by atoms with Crippen LogP contribution in [0, 0.1) is 6.92 Å². The Hall–Kier alpha value is -2.90. The van der Waals surface area contributed by atoms with Crippen molar-refractivity contribution in [2.45, 2.75) is 26.9 Å². The summed E-state index contributed by atoms with van der Waals surface area (Å²) in [5, 5.41) is 4.02. The lowest BCUT2D eigenvalue weighted by Crippen LogP contribution is -2.15. The van der Waals surface area contributed by atoms with E-state index < -0.39 is 11.2 Å². The number of hydrogen-bond acceptors (Lipinski definition) is 7. The van der Waals surface area contributed by atoms with Gasteiger partial charge in [0.05, 0.1) is 0 Å². The molecule has 0 radical (unpaired) electrons. The van der Waals surface area contributed by atoms with Crippen molar-refractivity contribution < 1.29 is 13.7 Å². The average Bonchev–Trinajstić information content (AvgIpc) is 2.89. The number of hydrogen-bond donors (Lipinski definition) is 1. The number of H-pyrrole nitrogens is 1. The highest BCUT2D eigenvalue weighted by Crippen LogP contribution is 2.14. The first-order valence-corrected chi connectivity index (χ1v) is 6.69. The standard InChI is InChI=1S/C14H13N3O5/c1-3-8-5-10(18)21-13-11(8)12(19)15-14(16-13)20-6-9-4-7(2)22-17-9/h4-5H,3,6H2,1-2H3,(H,15,16,19). The van der Waals surface area contributed by atoms with Gasteiger partial charge in [0.15, 0.2) is 0 Å². The van der Waals surface area contributed by atoms with Crippen LogP contribution in [0.4, 0.5) is 0 Å². The highest BCUT2D eigenvalue weighted by atomic mass is 16.5. The van der Waals surface area contributed by atoms with Crippen LogP contribution in [0.1, 0.15) is 23.9 Å². The van der Waals surface area contributed by atoms with E-state index in [2.05, 4.69) is 15.1 Å². The van der Waals surface area contributed by atoms with E-state index >= 15 is 0 Å². The second-order valence-electron chi connectivity index (χ2n) is 4.71. The molecule has 22 heavy (non-hydrogen) atoms. The number of aryl methyl sites for hydroxylation is 2. The molecule has 0 spiro atoms. The summed E-state index contributed by atoms with van der Waals surface area (Å²) in [6.45, 7) is 3.67. The Kier molecular flexibility index (Phi) is 3.50. The maximum Gasteiger partial charge on any atom is 0.337 e. The zero-order valence-corrected chi connectivity index (χ0v) is 12.0. The van der Waals surface area contributed by atoms with E-state index in [1.165, 1.54) is 6.07 Å². The maximum absolute atomic E-state index is 12.1. The summed E-state index contributed by atoms with van der Waals surface area (Å²) in [6, 6.07) is 2.95. The van der Waals surface area contributed by atoms with Crippen LogP contribution < -0.4 is 15.9 Å². The molecule has 8 heteroatoms. The molecule has 114 valence electrons. The van der Waals surface area contributed by atoms with Crippen LogP contribution in [0.25, 0.3) is 11.1 Å². The zero-order chi connectivity index (χ0) is 15.7. The Balaban J connectivity index is 1.98. The first-order chi connectivity index (χ1) is 10.6. The van der Waals surface area contributed by atoms with Gasteiger partial charge in [0.1, 0.15) is 23.4 Å². The van der Waals surface area contributed by atoms with Crippen molar-refractivity contribution in [3.63, 3.8) is 0 Å². The molecule has 0 saturated carbocycles. The van der Waals surface area contributed by atoms with Gasteiger partial charge in [0.25, 0.3) is 11.6 Å². The lowest BCUT2D eigenvalue weighted by molar-refractivity contribution is 0.265. The molecule has 0 aliphatic rings. The minimum atomic E-state index is -0.555. The first kappa shape index (κ1) is 14.1.